The van der Waals surface area contributed by atoms with Crippen molar-refractivity contribution < 1.29 is 9.59 Å². The van der Waals surface area contributed by atoms with E-state index in [-0.39, 0.29) is 11.8 Å². The fraction of sp³-hybridized carbons (Fsp3) is 0.130. The summed E-state index contributed by atoms with van der Waals surface area (Å²) in [6.07, 6.45) is 2.29. The van der Waals surface area contributed by atoms with Crippen LogP contribution in [0.1, 0.15) is 20.8 Å². The molecule has 0 bridgehead atoms. The second kappa shape index (κ2) is 8.32. The Hall–Kier alpha value is -3.38. The Balaban J connectivity index is 1.59. The van der Waals surface area contributed by atoms with Crippen LogP contribution in [0.3, 0.4) is 0 Å². The highest BCUT2D eigenvalue weighted by atomic mass is 32.1. The summed E-state index contributed by atoms with van der Waals surface area (Å²) in [4.78, 5) is 29.5. The van der Waals surface area contributed by atoms with E-state index in [0.29, 0.717) is 17.0 Å². The largest absolute Gasteiger partial charge is 0.361 e. The number of amides is 2. The van der Waals surface area contributed by atoms with Gasteiger partial charge in [-0.15, -0.1) is 11.3 Å². The van der Waals surface area contributed by atoms with E-state index in [1.165, 1.54) is 11.3 Å². The summed E-state index contributed by atoms with van der Waals surface area (Å²) in [6, 6.07) is 18.4. The second-order valence-corrected chi connectivity index (χ2v) is 7.87. The molecular formula is C23H21N3O2S. The van der Waals surface area contributed by atoms with Crippen molar-refractivity contribution in [1.82, 2.24) is 10.3 Å². The zero-order valence-electron chi connectivity index (χ0n) is 15.9. The quantitative estimate of drug-likeness (QED) is 0.443. The Morgan fingerprint density at radius 2 is 1.93 bits per heavy atom. The van der Waals surface area contributed by atoms with Crippen LogP contribution in [0.15, 0.2) is 72.2 Å². The lowest BCUT2D eigenvalue weighted by Gasteiger charge is -2.18. The van der Waals surface area contributed by atoms with E-state index >= 15 is 0 Å². The molecule has 2 heterocycles. The number of fused-ring (bicyclic) bond motifs is 1. The third-order valence-electron chi connectivity index (χ3n) is 4.75. The van der Waals surface area contributed by atoms with Gasteiger partial charge in [-0.1, -0.05) is 36.4 Å². The fourth-order valence-corrected chi connectivity index (χ4v) is 3.95. The SMILES string of the molecule is Cc1cccc(NC(=O)[C@H](Cc2c[nH]c3ccccc23)NC(=O)c2cccs2)c1. The van der Waals surface area contributed by atoms with Crippen LogP contribution in [0.5, 0.6) is 0 Å². The van der Waals surface area contributed by atoms with Gasteiger partial charge < -0.3 is 15.6 Å². The second-order valence-electron chi connectivity index (χ2n) is 6.93. The molecule has 2 aromatic heterocycles. The Morgan fingerprint density at radius 1 is 1.07 bits per heavy atom. The van der Waals surface area contributed by atoms with Gasteiger partial charge in [0.2, 0.25) is 5.91 Å². The molecule has 4 aromatic rings. The molecule has 4 rings (SSSR count). The van der Waals surface area contributed by atoms with E-state index < -0.39 is 6.04 Å². The average molecular weight is 404 g/mol. The predicted molar refractivity (Wildman–Crippen MR) is 117 cm³/mol. The number of hydrogen-bond donors (Lipinski definition) is 3. The topological polar surface area (TPSA) is 74.0 Å². The van der Waals surface area contributed by atoms with Crippen molar-refractivity contribution in [2.45, 2.75) is 19.4 Å². The van der Waals surface area contributed by atoms with Gasteiger partial charge in [-0.25, -0.2) is 0 Å². The number of rotatable bonds is 6. The van der Waals surface area contributed by atoms with Crippen molar-refractivity contribution in [2.75, 3.05) is 5.32 Å². The maximum Gasteiger partial charge on any atom is 0.262 e. The molecule has 1 atom stereocenters. The van der Waals surface area contributed by atoms with Crippen molar-refractivity contribution in [3.05, 3.63) is 88.2 Å². The monoisotopic (exact) mass is 403 g/mol. The maximum absolute atomic E-state index is 13.1. The van der Waals surface area contributed by atoms with Crippen LogP contribution >= 0.6 is 11.3 Å². The lowest BCUT2D eigenvalue weighted by molar-refractivity contribution is -0.118. The van der Waals surface area contributed by atoms with Crippen LogP contribution in [0, 0.1) is 6.92 Å². The Labute approximate surface area is 172 Å². The van der Waals surface area contributed by atoms with Gasteiger partial charge in [0.05, 0.1) is 4.88 Å². The number of thiophene rings is 1. The number of H-pyrrole nitrogens is 1. The lowest BCUT2D eigenvalue weighted by atomic mass is 10.0. The number of aromatic amines is 1. The number of aryl methyl sites for hydroxylation is 1. The summed E-state index contributed by atoms with van der Waals surface area (Å²) < 4.78 is 0. The number of aromatic nitrogens is 1. The van der Waals surface area contributed by atoms with Gasteiger partial charge in [-0.3, -0.25) is 9.59 Å². The van der Waals surface area contributed by atoms with Crippen LogP contribution in [0.4, 0.5) is 5.69 Å². The van der Waals surface area contributed by atoms with Gasteiger partial charge in [-0.05, 0) is 47.7 Å². The van der Waals surface area contributed by atoms with Crippen molar-refractivity contribution >= 4 is 39.7 Å². The molecule has 0 saturated carbocycles. The van der Waals surface area contributed by atoms with Crippen LogP contribution in [-0.4, -0.2) is 22.8 Å². The number of para-hydroxylation sites is 1. The van der Waals surface area contributed by atoms with Gasteiger partial charge in [0.1, 0.15) is 6.04 Å². The standard InChI is InChI=1S/C23H21N3O2S/c1-15-6-4-7-17(12-15)25-22(27)20(26-23(28)21-10-5-11-29-21)13-16-14-24-19-9-3-2-8-18(16)19/h2-12,14,20,24H,13H2,1H3,(H,25,27)(H,26,28)/t20-/m0/s1. The highest BCUT2D eigenvalue weighted by Crippen LogP contribution is 2.20. The Morgan fingerprint density at radius 3 is 2.72 bits per heavy atom. The lowest BCUT2D eigenvalue weighted by Crippen LogP contribution is -2.45. The minimum Gasteiger partial charge on any atom is -0.361 e. The smallest absolute Gasteiger partial charge is 0.262 e. The third-order valence-corrected chi connectivity index (χ3v) is 5.62. The average Bonchev–Trinajstić information content (AvgIpc) is 3.38. The number of carbonyl (C=O) groups is 2. The van der Waals surface area contributed by atoms with Gasteiger partial charge in [-0.2, -0.15) is 0 Å². The third kappa shape index (κ3) is 4.38. The maximum atomic E-state index is 13.1. The molecule has 146 valence electrons. The molecule has 0 unspecified atom stereocenters. The van der Waals surface area contributed by atoms with E-state index in [9.17, 15) is 9.59 Å². The number of anilines is 1. The highest BCUT2D eigenvalue weighted by molar-refractivity contribution is 7.12. The molecule has 0 aliphatic carbocycles. The van der Waals surface area contributed by atoms with Gasteiger partial charge in [0.25, 0.3) is 5.91 Å². The van der Waals surface area contributed by atoms with E-state index in [1.807, 2.05) is 73.1 Å². The van der Waals surface area contributed by atoms with Gasteiger partial charge in [0, 0.05) is 29.2 Å². The molecule has 2 amide bonds. The summed E-state index contributed by atoms with van der Waals surface area (Å²) in [5.74, 6) is -0.491. The predicted octanol–water partition coefficient (Wildman–Crippen LogP) is 4.52. The summed E-state index contributed by atoms with van der Waals surface area (Å²) in [6.45, 7) is 1.97. The van der Waals surface area contributed by atoms with Crippen molar-refractivity contribution in [2.24, 2.45) is 0 Å². The van der Waals surface area contributed by atoms with Gasteiger partial charge >= 0.3 is 0 Å². The Kier molecular flexibility index (Phi) is 5.44. The van der Waals surface area contributed by atoms with Crippen LogP contribution in [0.25, 0.3) is 10.9 Å². The minimum absolute atomic E-state index is 0.245. The van der Waals surface area contributed by atoms with Crippen molar-refractivity contribution in [3.8, 4) is 0 Å². The van der Waals surface area contributed by atoms with E-state index in [1.54, 1.807) is 6.07 Å². The van der Waals surface area contributed by atoms with E-state index in [2.05, 4.69) is 15.6 Å². The molecule has 2 aromatic carbocycles. The normalized spacial score (nSPS) is 11.9. The first kappa shape index (κ1) is 19.0. The molecule has 0 aliphatic heterocycles. The summed E-state index contributed by atoms with van der Waals surface area (Å²) >= 11 is 1.35. The molecule has 0 spiro atoms. The van der Waals surface area contributed by atoms with Crippen LogP contribution in [0.2, 0.25) is 0 Å². The number of carbonyl (C=O) groups excluding carboxylic acids is 2. The number of hydrogen-bond acceptors (Lipinski definition) is 3. The zero-order chi connectivity index (χ0) is 20.2. The van der Waals surface area contributed by atoms with Crippen LogP contribution in [-0.2, 0) is 11.2 Å². The summed E-state index contributed by atoms with van der Waals surface area (Å²) in [5, 5.41) is 8.73. The minimum atomic E-state index is -0.704. The van der Waals surface area contributed by atoms with E-state index in [0.717, 1.165) is 22.0 Å². The molecule has 5 nitrogen and oxygen atoms in total. The first-order valence-electron chi connectivity index (χ1n) is 9.37. The zero-order valence-corrected chi connectivity index (χ0v) is 16.8. The van der Waals surface area contributed by atoms with E-state index in [4.69, 9.17) is 0 Å². The Bertz CT molecular complexity index is 1150. The summed E-state index contributed by atoms with van der Waals surface area (Å²) in [7, 11) is 0. The molecule has 6 heteroatoms. The highest BCUT2D eigenvalue weighted by Gasteiger charge is 2.23. The fourth-order valence-electron chi connectivity index (χ4n) is 3.32. The first-order chi connectivity index (χ1) is 14.1. The summed E-state index contributed by atoms with van der Waals surface area (Å²) in [5.41, 5.74) is 3.75. The molecule has 0 aliphatic rings. The molecule has 0 saturated heterocycles. The molecule has 29 heavy (non-hydrogen) atoms. The number of benzene rings is 2. The van der Waals surface area contributed by atoms with Gasteiger partial charge in [0.15, 0.2) is 0 Å². The molecule has 3 N–H and O–H groups in total. The molecular weight excluding hydrogens is 382 g/mol. The van der Waals surface area contributed by atoms with Crippen LogP contribution < -0.4 is 10.6 Å². The van der Waals surface area contributed by atoms with Crippen molar-refractivity contribution in [1.29, 1.82) is 0 Å². The molecule has 0 radical (unpaired) electrons. The molecule has 0 fully saturated rings. The number of nitrogens with one attached hydrogen (secondary N) is 3. The first-order valence-corrected chi connectivity index (χ1v) is 10.2. The van der Waals surface area contributed by atoms with Crippen molar-refractivity contribution in [3.63, 3.8) is 0 Å².